The number of cyclic esters (lactones) is 1. The summed E-state index contributed by atoms with van der Waals surface area (Å²) in [6.45, 7) is 3.91. The zero-order chi connectivity index (χ0) is 24.2. The molecule has 0 spiro atoms. The average molecular weight is 480 g/mol. The Morgan fingerprint density at radius 2 is 2.21 bits per heavy atom. The van der Waals surface area contributed by atoms with Gasteiger partial charge in [0.05, 0.1) is 12.8 Å². The van der Waals surface area contributed by atoms with E-state index in [2.05, 4.69) is 15.3 Å². The van der Waals surface area contributed by atoms with Crippen molar-refractivity contribution in [3.05, 3.63) is 63.8 Å². The second-order valence-corrected chi connectivity index (χ2v) is 8.86. The van der Waals surface area contributed by atoms with Gasteiger partial charge < -0.3 is 19.9 Å². The molecule has 0 aliphatic carbocycles. The molecule has 0 saturated heterocycles. The van der Waals surface area contributed by atoms with Crippen LogP contribution in [0.4, 0.5) is 5.13 Å². The SMILES string of the molecule is COc1c(C)c2c(c(O)c1CC=C(C)CCC(=O)Nc1nc(-c3cccnc3)cs1)C(=O)OC2. The van der Waals surface area contributed by atoms with Gasteiger partial charge in [0, 0.05) is 40.9 Å². The smallest absolute Gasteiger partial charge is 0.342 e. The maximum Gasteiger partial charge on any atom is 0.342 e. The highest BCUT2D eigenvalue weighted by Gasteiger charge is 2.31. The molecule has 0 unspecified atom stereocenters. The third-order valence-corrected chi connectivity index (χ3v) is 6.51. The molecule has 2 N–H and O–H groups in total. The number of pyridine rings is 1. The molecule has 1 aliphatic heterocycles. The maximum absolute atomic E-state index is 12.4. The lowest BCUT2D eigenvalue weighted by molar-refractivity contribution is -0.116. The third kappa shape index (κ3) is 4.79. The number of ether oxygens (including phenoxy) is 2. The summed E-state index contributed by atoms with van der Waals surface area (Å²) in [4.78, 5) is 33.0. The number of aromatic hydroxyl groups is 1. The molecule has 0 fully saturated rings. The van der Waals surface area contributed by atoms with Gasteiger partial charge in [0.2, 0.25) is 5.91 Å². The molecule has 9 heteroatoms. The van der Waals surface area contributed by atoms with E-state index in [1.54, 1.807) is 12.4 Å². The summed E-state index contributed by atoms with van der Waals surface area (Å²) in [7, 11) is 1.54. The van der Waals surface area contributed by atoms with Crippen molar-refractivity contribution < 1.29 is 24.2 Å². The first kappa shape index (κ1) is 23.4. The van der Waals surface area contributed by atoms with Gasteiger partial charge in [-0.05, 0) is 44.4 Å². The van der Waals surface area contributed by atoms with Gasteiger partial charge in [0.15, 0.2) is 5.13 Å². The first-order valence-electron chi connectivity index (χ1n) is 10.8. The van der Waals surface area contributed by atoms with Crippen molar-refractivity contribution in [1.29, 1.82) is 0 Å². The number of hydrogen-bond acceptors (Lipinski definition) is 8. The highest BCUT2D eigenvalue weighted by Crippen LogP contribution is 2.42. The molecule has 1 amide bonds. The predicted octanol–water partition coefficient (Wildman–Crippen LogP) is 4.81. The van der Waals surface area contributed by atoms with Crippen molar-refractivity contribution in [2.75, 3.05) is 12.4 Å². The van der Waals surface area contributed by atoms with Gasteiger partial charge in [-0.3, -0.25) is 9.78 Å². The van der Waals surface area contributed by atoms with Gasteiger partial charge >= 0.3 is 5.97 Å². The summed E-state index contributed by atoms with van der Waals surface area (Å²) in [5, 5.41) is 16.0. The van der Waals surface area contributed by atoms with Crippen LogP contribution in [0.1, 0.15) is 46.8 Å². The van der Waals surface area contributed by atoms with Gasteiger partial charge in [0.25, 0.3) is 0 Å². The molecule has 4 rings (SSSR count). The van der Waals surface area contributed by atoms with E-state index in [4.69, 9.17) is 9.47 Å². The fraction of sp³-hybridized carbons (Fsp3) is 0.280. The van der Waals surface area contributed by atoms with Crippen LogP contribution in [0, 0.1) is 6.92 Å². The number of thiazole rings is 1. The van der Waals surface area contributed by atoms with E-state index in [1.807, 2.05) is 37.4 Å². The molecule has 34 heavy (non-hydrogen) atoms. The molecule has 0 saturated carbocycles. The van der Waals surface area contributed by atoms with Gasteiger partial charge in [-0.1, -0.05) is 11.6 Å². The number of amides is 1. The fourth-order valence-electron chi connectivity index (χ4n) is 3.88. The summed E-state index contributed by atoms with van der Waals surface area (Å²) >= 11 is 1.37. The Morgan fingerprint density at radius 1 is 1.38 bits per heavy atom. The molecule has 3 aromatic rings. The lowest BCUT2D eigenvalue weighted by atomic mass is 9.94. The Balaban J connectivity index is 1.38. The van der Waals surface area contributed by atoms with E-state index in [9.17, 15) is 14.7 Å². The second-order valence-electron chi connectivity index (χ2n) is 8.00. The van der Waals surface area contributed by atoms with Crippen molar-refractivity contribution in [3.63, 3.8) is 0 Å². The highest BCUT2D eigenvalue weighted by molar-refractivity contribution is 7.14. The molecule has 0 bridgehead atoms. The Morgan fingerprint density at radius 3 is 2.94 bits per heavy atom. The fourth-order valence-corrected chi connectivity index (χ4v) is 4.61. The summed E-state index contributed by atoms with van der Waals surface area (Å²) in [6, 6.07) is 3.76. The maximum atomic E-state index is 12.4. The monoisotopic (exact) mass is 479 g/mol. The van der Waals surface area contributed by atoms with E-state index >= 15 is 0 Å². The minimum atomic E-state index is -0.522. The number of anilines is 1. The molecule has 8 nitrogen and oxygen atoms in total. The molecule has 3 heterocycles. The number of esters is 1. The van der Waals surface area contributed by atoms with Gasteiger partial charge in [-0.15, -0.1) is 11.3 Å². The number of aromatic nitrogens is 2. The normalized spacial score (nSPS) is 12.9. The number of nitrogens with zero attached hydrogens (tertiary/aromatic N) is 2. The van der Waals surface area contributed by atoms with Crippen LogP contribution in [0.3, 0.4) is 0 Å². The first-order chi connectivity index (χ1) is 16.4. The number of phenolic OH excluding ortho intramolecular Hbond substituents is 1. The van der Waals surface area contributed by atoms with Crippen LogP contribution in [0.2, 0.25) is 0 Å². The number of rotatable bonds is 8. The molecule has 0 radical (unpaired) electrons. The van der Waals surface area contributed by atoms with E-state index in [0.29, 0.717) is 41.3 Å². The Labute approximate surface area is 201 Å². The van der Waals surface area contributed by atoms with E-state index in [1.165, 1.54) is 18.4 Å². The Kier molecular flexibility index (Phi) is 6.93. The number of phenols is 1. The number of fused-ring (bicyclic) bond motifs is 1. The van der Waals surface area contributed by atoms with Crippen LogP contribution >= 0.6 is 11.3 Å². The largest absolute Gasteiger partial charge is 0.507 e. The molecule has 176 valence electrons. The Bertz CT molecular complexity index is 1270. The van der Waals surface area contributed by atoms with Crippen molar-refractivity contribution in [1.82, 2.24) is 9.97 Å². The van der Waals surface area contributed by atoms with Crippen molar-refractivity contribution in [2.45, 2.75) is 39.7 Å². The number of benzene rings is 1. The van der Waals surface area contributed by atoms with Crippen molar-refractivity contribution >= 4 is 28.3 Å². The van der Waals surface area contributed by atoms with Gasteiger partial charge in [-0.2, -0.15) is 0 Å². The minimum absolute atomic E-state index is 0.102. The zero-order valence-electron chi connectivity index (χ0n) is 19.2. The van der Waals surface area contributed by atoms with Gasteiger partial charge in [-0.25, -0.2) is 9.78 Å². The average Bonchev–Trinajstić information content (AvgIpc) is 3.46. The molecule has 0 atom stereocenters. The third-order valence-electron chi connectivity index (χ3n) is 5.76. The number of methoxy groups -OCH3 is 1. The Hall–Kier alpha value is -3.72. The van der Waals surface area contributed by atoms with E-state index < -0.39 is 5.97 Å². The molecular formula is C25H25N3O5S. The molecule has 1 aromatic carbocycles. The number of hydrogen-bond donors (Lipinski definition) is 2. The van der Waals surface area contributed by atoms with Crippen LogP contribution in [0.25, 0.3) is 11.3 Å². The van der Waals surface area contributed by atoms with E-state index in [-0.39, 0.29) is 23.8 Å². The minimum Gasteiger partial charge on any atom is -0.507 e. The second kappa shape index (κ2) is 10.0. The zero-order valence-corrected chi connectivity index (χ0v) is 20.0. The standard InChI is InChI=1S/C25H25N3O5S/c1-14(6-8-17-22(30)21-18(12-33-24(21)31)15(2)23(17)32-3)7-9-20(29)28-25-27-19(13-34-25)16-5-4-10-26-11-16/h4-6,10-11,13,30H,7-9,12H2,1-3H3,(H,27,28,29). The lowest BCUT2D eigenvalue weighted by Gasteiger charge is -2.15. The van der Waals surface area contributed by atoms with Gasteiger partial charge in [0.1, 0.15) is 23.7 Å². The van der Waals surface area contributed by atoms with Crippen LogP contribution < -0.4 is 10.1 Å². The summed E-state index contributed by atoms with van der Waals surface area (Å²) in [6.07, 6.45) is 6.56. The number of carbonyl (C=O) groups is 2. The summed E-state index contributed by atoms with van der Waals surface area (Å²) in [5.74, 6) is -0.207. The van der Waals surface area contributed by atoms with Crippen LogP contribution in [0.15, 0.2) is 41.6 Å². The quantitative estimate of drug-likeness (QED) is 0.352. The van der Waals surface area contributed by atoms with Crippen molar-refractivity contribution in [3.8, 4) is 22.8 Å². The highest BCUT2D eigenvalue weighted by atomic mass is 32.1. The number of nitrogens with one attached hydrogen (secondary N) is 1. The topological polar surface area (TPSA) is 111 Å². The summed E-state index contributed by atoms with van der Waals surface area (Å²) < 4.78 is 10.6. The predicted molar refractivity (Wildman–Crippen MR) is 129 cm³/mol. The van der Waals surface area contributed by atoms with Crippen LogP contribution in [-0.2, 0) is 22.6 Å². The first-order valence-corrected chi connectivity index (χ1v) is 11.7. The lowest BCUT2D eigenvalue weighted by Crippen LogP contribution is -2.11. The molecule has 1 aliphatic rings. The van der Waals surface area contributed by atoms with E-state index in [0.717, 1.165) is 22.4 Å². The molecule has 2 aromatic heterocycles. The number of allylic oxidation sites excluding steroid dienone is 2. The van der Waals surface area contributed by atoms with Crippen LogP contribution in [-0.4, -0.2) is 34.1 Å². The molecular weight excluding hydrogens is 454 g/mol. The number of carbonyl (C=O) groups excluding carboxylic acids is 2. The van der Waals surface area contributed by atoms with Crippen molar-refractivity contribution in [2.24, 2.45) is 0 Å². The van der Waals surface area contributed by atoms with Crippen LogP contribution in [0.5, 0.6) is 11.5 Å². The summed E-state index contributed by atoms with van der Waals surface area (Å²) in [5.41, 5.74) is 4.84.